The van der Waals surface area contributed by atoms with Crippen molar-refractivity contribution in [3.05, 3.63) is 77.1 Å². The molecule has 0 fully saturated rings. The highest BCUT2D eigenvalue weighted by atomic mass is 16.6. The normalized spacial score (nSPS) is 21.4. The highest BCUT2D eigenvalue weighted by Gasteiger charge is 2.54. The Kier molecular flexibility index (Phi) is 4.69. The molecule has 172 valence electrons. The summed E-state index contributed by atoms with van der Waals surface area (Å²) in [4.78, 5) is 29.8. The number of hydrogen-bond acceptors (Lipinski definition) is 7. The molecule has 3 aliphatic rings. The number of rotatable bonds is 4. The van der Waals surface area contributed by atoms with Crippen LogP contribution >= 0.6 is 0 Å². The van der Waals surface area contributed by atoms with Gasteiger partial charge in [-0.1, -0.05) is 18.2 Å². The Balaban J connectivity index is 1.32. The SMILES string of the molecule is CCOC(=O)c1cccnc1CC1COc2cc3c(cc2O1)[C@]1(CO3)C(=O)Nc2ccccc21. The first-order valence-electron chi connectivity index (χ1n) is 11.2. The van der Waals surface area contributed by atoms with E-state index in [9.17, 15) is 9.59 Å². The fraction of sp³-hybridized carbons (Fsp3) is 0.269. The zero-order chi connectivity index (χ0) is 23.3. The average molecular weight is 458 g/mol. The van der Waals surface area contributed by atoms with Crippen LogP contribution in [-0.2, 0) is 21.4 Å². The average Bonchev–Trinajstić information content (AvgIpc) is 3.36. The molecule has 4 heterocycles. The Hall–Kier alpha value is -4.07. The maximum absolute atomic E-state index is 13.1. The molecule has 1 spiro atoms. The number of nitrogens with one attached hydrogen (secondary N) is 1. The molecule has 0 radical (unpaired) electrons. The molecule has 0 aliphatic carbocycles. The van der Waals surface area contributed by atoms with Crippen molar-refractivity contribution in [3.63, 3.8) is 0 Å². The number of carbonyl (C=O) groups excluding carboxylic acids is 2. The number of amides is 1. The fourth-order valence-corrected chi connectivity index (χ4v) is 4.90. The maximum Gasteiger partial charge on any atom is 0.339 e. The van der Waals surface area contributed by atoms with Crippen LogP contribution in [0.4, 0.5) is 5.69 Å². The summed E-state index contributed by atoms with van der Waals surface area (Å²) >= 11 is 0. The van der Waals surface area contributed by atoms with Crippen LogP contribution in [0.25, 0.3) is 0 Å². The van der Waals surface area contributed by atoms with Crippen LogP contribution < -0.4 is 19.5 Å². The lowest BCUT2D eigenvalue weighted by Gasteiger charge is -2.28. The summed E-state index contributed by atoms with van der Waals surface area (Å²) in [6.45, 7) is 2.56. The third-order valence-corrected chi connectivity index (χ3v) is 6.50. The van der Waals surface area contributed by atoms with Crippen molar-refractivity contribution in [2.45, 2.75) is 24.9 Å². The Labute approximate surface area is 195 Å². The summed E-state index contributed by atoms with van der Waals surface area (Å²) in [6, 6.07) is 14.7. The molecule has 0 bridgehead atoms. The molecular weight excluding hydrogens is 436 g/mol. The smallest absolute Gasteiger partial charge is 0.339 e. The third-order valence-electron chi connectivity index (χ3n) is 6.50. The van der Waals surface area contributed by atoms with Crippen LogP contribution in [-0.4, -0.2) is 42.8 Å². The van der Waals surface area contributed by atoms with Gasteiger partial charge in [0.1, 0.15) is 30.5 Å². The lowest BCUT2D eigenvalue weighted by Crippen LogP contribution is -2.37. The number of fused-ring (bicyclic) bond motifs is 5. The van der Waals surface area contributed by atoms with Crippen LogP contribution in [0.1, 0.15) is 34.1 Å². The van der Waals surface area contributed by atoms with Gasteiger partial charge in [-0.3, -0.25) is 9.78 Å². The first-order valence-corrected chi connectivity index (χ1v) is 11.2. The van der Waals surface area contributed by atoms with Crippen LogP contribution in [0.5, 0.6) is 17.2 Å². The van der Waals surface area contributed by atoms with E-state index in [0.717, 1.165) is 16.8 Å². The summed E-state index contributed by atoms with van der Waals surface area (Å²) in [7, 11) is 0. The molecule has 1 amide bonds. The molecule has 1 unspecified atom stereocenters. The van der Waals surface area contributed by atoms with Gasteiger partial charge < -0.3 is 24.3 Å². The number of carbonyl (C=O) groups is 2. The number of pyridine rings is 1. The van der Waals surface area contributed by atoms with E-state index in [1.54, 1.807) is 31.3 Å². The second kappa shape index (κ2) is 7.76. The van der Waals surface area contributed by atoms with Crippen molar-refractivity contribution in [3.8, 4) is 17.2 Å². The topological polar surface area (TPSA) is 96.0 Å². The zero-order valence-corrected chi connectivity index (χ0v) is 18.5. The number of hydrogen-bond donors (Lipinski definition) is 1. The van der Waals surface area contributed by atoms with Crippen molar-refractivity contribution >= 4 is 17.6 Å². The molecule has 6 rings (SSSR count). The van der Waals surface area contributed by atoms with Crippen molar-refractivity contribution < 1.29 is 28.5 Å². The quantitative estimate of drug-likeness (QED) is 0.600. The number of ether oxygens (including phenoxy) is 4. The Morgan fingerprint density at radius 1 is 1.12 bits per heavy atom. The van der Waals surface area contributed by atoms with Crippen LogP contribution in [0.2, 0.25) is 0 Å². The predicted octanol–water partition coefficient (Wildman–Crippen LogP) is 3.27. The number of nitrogens with zero attached hydrogens (tertiary/aromatic N) is 1. The van der Waals surface area contributed by atoms with E-state index < -0.39 is 11.4 Å². The molecule has 1 N–H and O–H groups in total. The third kappa shape index (κ3) is 3.02. The molecular formula is C26H22N2O6. The van der Waals surface area contributed by atoms with E-state index in [2.05, 4.69) is 10.3 Å². The van der Waals surface area contributed by atoms with E-state index in [1.165, 1.54) is 0 Å². The van der Waals surface area contributed by atoms with Crippen LogP contribution in [0.3, 0.4) is 0 Å². The second-order valence-corrected chi connectivity index (χ2v) is 8.46. The van der Waals surface area contributed by atoms with Gasteiger partial charge in [-0.05, 0) is 36.8 Å². The first kappa shape index (κ1) is 20.5. The minimum absolute atomic E-state index is 0.117. The summed E-state index contributed by atoms with van der Waals surface area (Å²) in [5.74, 6) is 1.18. The molecule has 2 atom stereocenters. The van der Waals surface area contributed by atoms with Gasteiger partial charge in [0.05, 0.1) is 17.9 Å². The number of aromatic nitrogens is 1. The highest BCUT2D eigenvalue weighted by Crippen LogP contribution is 2.53. The lowest BCUT2D eigenvalue weighted by atomic mass is 9.77. The van der Waals surface area contributed by atoms with Crippen LogP contribution in [0, 0.1) is 0 Å². The second-order valence-electron chi connectivity index (χ2n) is 8.46. The van der Waals surface area contributed by atoms with E-state index in [0.29, 0.717) is 41.5 Å². The van der Waals surface area contributed by atoms with Gasteiger partial charge in [0.25, 0.3) is 0 Å². The molecule has 8 nitrogen and oxygen atoms in total. The number of anilines is 1. The minimum Gasteiger partial charge on any atom is -0.491 e. The molecule has 1 aromatic heterocycles. The predicted molar refractivity (Wildman–Crippen MR) is 122 cm³/mol. The Morgan fingerprint density at radius 2 is 2.00 bits per heavy atom. The summed E-state index contributed by atoms with van der Waals surface area (Å²) in [5.41, 5.74) is 2.51. The number of benzene rings is 2. The largest absolute Gasteiger partial charge is 0.491 e. The molecule has 3 aromatic rings. The summed E-state index contributed by atoms with van der Waals surface area (Å²) in [6.07, 6.45) is 1.65. The van der Waals surface area contributed by atoms with E-state index in [4.69, 9.17) is 18.9 Å². The van der Waals surface area contributed by atoms with Gasteiger partial charge >= 0.3 is 5.97 Å². The van der Waals surface area contributed by atoms with Gasteiger partial charge in [0, 0.05) is 29.9 Å². The Morgan fingerprint density at radius 3 is 2.88 bits per heavy atom. The van der Waals surface area contributed by atoms with Gasteiger partial charge in [-0.2, -0.15) is 0 Å². The zero-order valence-electron chi connectivity index (χ0n) is 18.5. The van der Waals surface area contributed by atoms with E-state index in [-0.39, 0.29) is 25.2 Å². The van der Waals surface area contributed by atoms with Gasteiger partial charge in [0.2, 0.25) is 5.91 Å². The standard InChI is InChI=1S/C26H22N2O6/c1-2-31-24(29)16-6-5-9-27-20(16)10-15-13-32-22-12-21-18(11-23(22)34-15)26(14-33-21)17-7-3-4-8-19(17)28-25(26)30/h3-9,11-12,15H,2,10,13-14H2,1H3,(H,28,30)/t15?,26-/m1/s1. The van der Waals surface area contributed by atoms with Crippen molar-refractivity contribution in [2.75, 3.05) is 25.1 Å². The monoisotopic (exact) mass is 458 g/mol. The van der Waals surface area contributed by atoms with E-state index in [1.807, 2.05) is 30.3 Å². The fourth-order valence-electron chi connectivity index (χ4n) is 4.90. The Bertz CT molecular complexity index is 1320. The lowest BCUT2D eigenvalue weighted by molar-refractivity contribution is -0.119. The minimum atomic E-state index is -0.921. The maximum atomic E-state index is 13.1. The molecule has 8 heteroatoms. The number of para-hydroxylation sites is 1. The first-order chi connectivity index (χ1) is 16.6. The molecule has 0 saturated heterocycles. The van der Waals surface area contributed by atoms with Crippen LogP contribution in [0.15, 0.2) is 54.7 Å². The van der Waals surface area contributed by atoms with Crippen molar-refractivity contribution in [1.29, 1.82) is 0 Å². The highest BCUT2D eigenvalue weighted by molar-refractivity contribution is 6.10. The summed E-state index contributed by atoms with van der Waals surface area (Å²) < 4.78 is 23.4. The van der Waals surface area contributed by atoms with Gasteiger partial charge in [0.15, 0.2) is 11.5 Å². The van der Waals surface area contributed by atoms with Crippen molar-refractivity contribution in [1.82, 2.24) is 4.98 Å². The van der Waals surface area contributed by atoms with E-state index >= 15 is 0 Å². The molecule has 0 saturated carbocycles. The van der Waals surface area contributed by atoms with Crippen molar-refractivity contribution in [2.24, 2.45) is 0 Å². The number of esters is 1. The summed E-state index contributed by atoms with van der Waals surface area (Å²) in [5, 5.41) is 2.98. The molecule has 2 aromatic carbocycles. The van der Waals surface area contributed by atoms with Gasteiger partial charge in [-0.15, -0.1) is 0 Å². The molecule has 3 aliphatic heterocycles. The van der Waals surface area contributed by atoms with Gasteiger partial charge in [-0.25, -0.2) is 4.79 Å². The molecule has 34 heavy (non-hydrogen) atoms.